The predicted molar refractivity (Wildman–Crippen MR) is 69.2 cm³/mol. The minimum absolute atomic E-state index is 0.200. The van der Waals surface area contributed by atoms with Gasteiger partial charge in [-0.05, 0) is 25.5 Å². The van der Waals surface area contributed by atoms with Crippen LogP contribution in [0.25, 0.3) is 0 Å². The summed E-state index contributed by atoms with van der Waals surface area (Å²) in [6.45, 7) is 1.79. The number of benzene rings is 1. The molecule has 96 valence electrons. The molecule has 4 N–H and O–H groups in total. The molecule has 3 rings (SSSR count). The van der Waals surface area contributed by atoms with Crippen molar-refractivity contribution < 1.29 is 8.78 Å². The molecule has 1 unspecified atom stereocenters. The molecule has 1 aliphatic heterocycles. The monoisotopic (exact) mass is 269 g/mol. The fourth-order valence-electron chi connectivity index (χ4n) is 2.62. The lowest BCUT2D eigenvalue weighted by molar-refractivity contribution is 0.393. The second-order valence-electron chi connectivity index (χ2n) is 4.96. The standard InChI is InChI=1S/C12H13F2N3S/c1-12(6-4-9(6)18-11(16)17-12)7-2-5(15)3-8(13)10(7)14/h2-3,6,9H,4,15H2,1H3,(H2,16,17)/t6?,9-,12-/m0/s1. The third kappa shape index (κ3) is 1.59. The Morgan fingerprint density at radius 2 is 2.11 bits per heavy atom. The van der Waals surface area contributed by atoms with Crippen molar-refractivity contribution in [3.8, 4) is 0 Å². The Morgan fingerprint density at radius 3 is 2.83 bits per heavy atom. The van der Waals surface area contributed by atoms with E-state index in [4.69, 9.17) is 11.5 Å². The first-order valence-electron chi connectivity index (χ1n) is 5.69. The van der Waals surface area contributed by atoms with Gasteiger partial charge in [-0.3, -0.25) is 4.99 Å². The minimum atomic E-state index is -0.935. The molecule has 1 fully saturated rings. The fourth-order valence-corrected chi connectivity index (χ4v) is 3.91. The minimum Gasteiger partial charge on any atom is -0.399 e. The van der Waals surface area contributed by atoms with E-state index in [-0.39, 0.29) is 17.2 Å². The molecule has 3 atom stereocenters. The Hall–Kier alpha value is -1.30. The summed E-state index contributed by atoms with van der Waals surface area (Å²) in [7, 11) is 0. The molecular weight excluding hydrogens is 256 g/mol. The van der Waals surface area contributed by atoms with E-state index in [1.807, 2.05) is 0 Å². The van der Waals surface area contributed by atoms with Gasteiger partial charge in [0.05, 0.1) is 5.54 Å². The Balaban J connectivity index is 2.17. The average molecular weight is 269 g/mol. The number of amidine groups is 1. The number of anilines is 1. The van der Waals surface area contributed by atoms with Crippen LogP contribution in [-0.2, 0) is 5.54 Å². The van der Waals surface area contributed by atoms with Gasteiger partial charge in [-0.1, -0.05) is 11.8 Å². The van der Waals surface area contributed by atoms with Crippen molar-refractivity contribution in [2.45, 2.75) is 24.1 Å². The van der Waals surface area contributed by atoms with E-state index >= 15 is 0 Å². The second-order valence-corrected chi connectivity index (χ2v) is 6.22. The van der Waals surface area contributed by atoms with Gasteiger partial charge in [0.25, 0.3) is 0 Å². The largest absolute Gasteiger partial charge is 0.399 e. The van der Waals surface area contributed by atoms with Gasteiger partial charge in [0, 0.05) is 22.4 Å². The van der Waals surface area contributed by atoms with Crippen molar-refractivity contribution in [3.63, 3.8) is 0 Å². The van der Waals surface area contributed by atoms with Crippen molar-refractivity contribution >= 4 is 22.6 Å². The summed E-state index contributed by atoms with van der Waals surface area (Å²) in [5.74, 6) is -1.61. The summed E-state index contributed by atoms with van der Waals surface area (Å²) in [5.41, 5.74) is 11.0. The average Bonchev–Trinajstić information content (AvgIpc) is 3.02. The number of hydrogen-bond donors (Lipinski definition) is 2. The van der Waals surface area contributed by atoms with Crippen LogP contribution in [0, 0.1) is 17.6 Å². The van der Waals surface area contributed by atoms with Gasteiger partial charge in [-0.15, -0.1) is 0 Å². The zero-order chi connectivity index (χ0) is 13.1. The molecule has 2 aliphatic rings. The smallest absolute Gasteiger partial charge is 0.164 e. The lowest BCUT2D eigenvalue weighted by Gasteiger charge is -2.30. The van der Waals surface area contributed by atoms with Gasteiger partial charge < -0.3 is 11.5 Å². The highest BCUT2D eigenvalue weighted by atomic mass is 32.2. The van der Waals surface area contributed by atoms with E-state index in [0.717, 1.165) is 12.5 Å². The number of hydrogen-bond acceptors (Lipinski definition) is 4. The van der Waals surface area contributed by atoms with E-state index in [9.17, 15) is 8.78 Å². The van der Waals surface area contributed by atoms with Crippen molar-refractivity contribution in [3.05, 3.63) is 29.3 Å². The van der Waals surface area contributed by atoms with Crippen LogP contribution in [0.3, 0.4) is 0 Å². The van der Waals surface area contributed by atoms with Gasteiger partial charge in [0.1, 0.15) is 0 Å². The summed E-state index contributed by atoms with van der Waals surface area (Å²) in [6.07, 6.45) is 0.918. The van der Waals surface area contributed by atoms with E-state index in [0.29, 0.717) is 10.4 Å². The normalized spacial score (nSPS) is 33.8. The molecule has 18 heavy (non-hydrogen) atoms. The number of aliphatic imine (C=N–C) groups is 1. The van der Waals surface area contributed by atoms with Gasteiger partial charge in [0.2, 0.25) is 0 Å². The van der Waals surface area contributed by atoms with Gasteiger partial charge in [-0.2, -0.15) is 0 Å². The van der Waals surface area contributed by atoms with Crippen molar-refractivity contribution in [2.24, 2.45) is 16.6 Å². The van der Waals surface area contributed by atoms with E-state index in [1.54, 1.807) is 6.92 Å². The highest BCUT2D eigenvalue weighted by Crippen LogP contribution is 2.57. The Morgan fingerprint density at radius 1 is 1.39 bits per heavy atom. The van der Waals surface area contributed by atoms with Crippen LogP contribution >= 0.6 is 11.8 Å². The van der Waals surface area contributed by atoms with Crippen molar-refractivity contribution in [2.75, 3.05) is 5.73 Å². The molecule has 0 saturated heterocycles. The lowest BCUT2D eigenvalue weighted by Crippen LogP contribution is -2.32. The summed E-state index contributed by atoms with van der Waals surface area (Å²) in [4.78, 5) is 4.35. The predicted octanol–water partition coefficient (Wildman–Crippen LogP) is 2.21. The molecule has 0 spiro atoms. The quantitative estimate of drug-likeness (QED) is 0.768. The van der Waals surface area contributed by atoms with Crippen LogP contribution in [0.2, 0.25) is 0 Å². The maximum Gasteiger partial charge on any atom is 0.164 e. The van der Waals surface area contributed by atoms with Crippen molar-refractivity contribution in [1.29, 1.82) is 0 Å². The van der Waals surface area contributed by atoms with E-state index in [1.165, 1.54) is 17.8 Å². The number of halogens is 2. The first kappa shape index (κ1) is 11.8. The van der Waals surface area contributed by atoms with Crippen LogP contribution in [0.4, 0.5) is 14.5 Å². The molecule has 0 radical (unpaired) electrons. The maximum absolute atomic E-state index is 14.0. The molecule has 6 heteroatoms. The molecule has 3 nitrogen and oxygen atoms in total. The van der Waals surface area contributed by atoms with Crippen LogP contribution in [0.5, 0.6) is 0 Å². The number of nitrogens with zero attached hydrogens (tertiary/aromatic N) is 1. The summed E-state index contributed by atoms with van der Waals surface area (Å²) in [6, 6.07) is 2.44. The molecule has 1 saturated carbocycles. The molecular formula is C12H13F2N3S. The third-order valence-corrected chi connectivity index (χ3v) is 4.82. The van der Waals surface area contributed by atoms with Crippen LogP contribution in [0.1, 0.15) is 18.9 Å². The van der Waals surface area contributed by atoms with E-state index in [2.05, 4.69) is 4.99 Å². The number of thioether (sulfide) groups is 1. The maximum atomic E-state index is 14.0. The van der Waals surface area contributed by atoms with Crippen LogP contribution in [-0.4, -0.2) is 10.4 Å². The molecule has 1 heterocycles. The van der Waals surface area contributed by atoms with Crippen molar-refractivity contribution in [1.82, 2.24) is 0 Å². The second kappa shape index (κ2) is 3.60. The van der Waals surface area contributed by atoms with Crippen LogP contribution in [0.15, 0.2) is 17.1 Å². The molecule has 0 aromatic heterocycles. The molecule has 1 aliphatic carbocycles. The van der Waals surface area contributed by atoms with E-state index < -0.39 is 17.2 Å². The molecule has 0 amide bonds. The topological polar surface area (TPSA) is 64.4 Å². The van der Waals surface area contributed by atoms with Gasteiger partial charge >= 0.3 is 0 Å². The Labute approximate surface area is 108 Å². The summed E-state index contributed by atoms with van der Waals surface area (Å²) >= 11 is 1.51. The van der Waals surface area contributed by atoms with Gasteiger partial charge in [0.15, 0.2) is 16.8 Å². The third-order valence-electron chi connectivity index (χ3n) is 3.66. The van der Waals surface area contributed by atoms with Gasteiger partial charge in [-0.25, -0.2) is 8.78 Å². The zero-order valence-corrected chi connectivity index (χ0v) is 10.6. The molecule has 0 bridgehead atoms. The number of fused-ring (bicyclic) bond motifs is 1. The number of rotatable bonds is 1. The van der Waals surface area contributed by atoms with Crippen LogP contribution < -0.4 is 11.5 Å². The fraction of sp³-hybridized carbons (Fsp3) is 0.417. The highest BCUT2D eigenvalue weighted by Gasteiger charge is 2.55. The lowest BCUT2D eigenvalue weighted by atomic mass is 9.86. The first-order valence-corrected chi connectivity index (χ1v) is 6.57. The SMILES string of the molecule is C[C@]1(c2cc(N)cc(F)c2F)N=C(N)S[C@H]2CC21. The zero-order valence-electron chi connectivity index (χ0n) is 9.78. The number of nitrogen functional groups attached to an aromatic ring is 1. The molecule has 1 aromatic carbocycles. The number of nitrogens with two attached hydrogens (primary N) is 2. The Bertz CT molecular complexity index is 560. The first-order chi connectivity index (χ1) is 8.41. The highest BCUT2D eigenvalue weighted by molar-refractivity contribution is 8.14. The summed E-state index contributed by atoms with van der Waals surface area (Å²) in [5, 5.41) is 0.787. The molecule has 1 aromatic rings. The Kier molecular flexibility index (Phi) is 2.35. The summed E-state index contributed by atoms with van der Waals surface area (Å²) < 4.78 is 27.4.